The molecule has 25 heavy (non-hydrogen) atoms. The van der Waals surface area contributed by atoms with Gasteiger partial charge in [-0.1, -0.05) is 24.3 Å². The van der Waals surface area contributed by atoms with Gasteiger partial charge in [-0.25, -0.2) is 0 Å². The van der Waals surface area contributed by atoms with Gasteiger partial charge in [0.25, 0.3) is 5.91 Å². The lowest BCUT2D eigenvalue weighted by Gasteiger charge is -2.13. The summed E-state index contributed by atoms with van der Waals surface area (Å²) in [5.74, 6) is -0.229. The third-order valence-corrected chi connectivity index (χ3v) is 4.46. The first-order valence-electron chi connectivity index (χ1n) is 8.17. The molecule has 0 radical (unpaired) electrons. The van der Waals surface area contributed by atoms with Gasteiger partial charge < -0.3 is 11.1 Å². The van der Waals surface area contributed by atoms with Crippen LogP contribution in [0.5, 0.6) is 0 Å². The van der Waals surface area contributed by atoms with Crippen LogP contribution in [0, 0.1) is 0 Å². The van der Waals surface area contributed by atoms with Crippen LogP contribution in [0.3, 0.4) is 0 Å². The summed E-state index contributed by atoms with van der Waals surface area (Å²) in [5, 5.41) is 2.94. The highest BCUT2D eigenvalue weighted by molar-refractivity contribution is 5.95. The van der Waals surface area contributed by atoms with Gasteiger partial charge in [0.1, 0.15) is 0 Å². The van der Waals surface area contributed by atoms with Crippen molar-refractivity contribution in [2.75, 3.05) is 0 Å². The maximum Gasteiger partial charge on any atom is 0.416 e. The van der Waals surface area contributed by atoms with Gasteiger partial charge in [-0.2, -0.15) is 13.2 Å². The Kier molecular flexibility index (Phi) is 4.81. The van der Waals surface area contributed by atoms with E-state index in [-0.39, 0.29) is 18.0 Å². The Morgan fingerprint density at radius 3 is 2.36 bits per heavy atom. The summed E-state index contributed by atoms with van der Waals surface area (Å²) >= 11 is 0. The summed E-state index contributed by atoms with van der Waals surface area (Å²) in [6.45, 7) is 0. The smallest absolute Gasteiger partial charge is 0.349 e. The number of nitrogens with one attached hydrogen (secondary N) is 1. The predicted octanol–water partition coefficient (Wildman–Crippen LogP) is 3.98. The Bertz CT molecular complexity index is 773. The fourth-order valence-corrected chi connectivity index (χ4v) is 3.13. The lowest BCUT2D eigenvalue weighted by atomic mass is 10.0. The Hall–Kier alpha value is -2.34. The van der Waals surface area contributed by atoms with E-state index in [1.165, 1.54) is 6.07 Å². The molecule has 3 rings (SSSR count). The highest BCUT2D eigenvalue weighted by Gasteiger charge is 2.30. The van der Waals surface area contributed by atoms with E-state index >= 15 is 0 Å². The van der Waals surface area contributed by atoms with Crippen LogP contribution in [0.2, 0.25) is 0 Å². The monoisotopic (exact) mass is 348 g/mol. The number of rotatable bonds is 3. The number of amides is 1. The zero-order valence-electron chi connectivity index (χ0n) is 13.5. The van der Waals surface area contributed by atoms with E-state index in [0.717, 1.165) is 31.4 Å². The van der Waals surface area contributed by atoms with Crippen molar-refractivity contribution >= 4 is 5.91 Å². The minimum absolute atomic E-state index is 0.0553. The first-order valence-corrected chi connectivity index (χ1v) is 8.17. The zero-order valence-corrected chi connectivity index (χ0v) is 13.5. The van der Waals surface area contributed by atoms with Gasteiger partial charge in [0, 0.05) is 17.6 Å². The minimum Gasteiger partial charge on any atom is -0.349 e. The number of hydrogen-bond donors (Lipinski definition) is 2. The van der Waals surface area contributed by atoms with E-state index < -0.39 is 11.7 Å². The molecule has 2 aromatic carbocycles. The summed E-state index contributed by atoms with van der Waals surface area (Å²) in [6, 6.07) is 11.9. The van der Waals surface area contributed by atoms with Crippen LogP contribution >= 0.6 is 0 Å². The van der Waals surface area contributed by atoms with Gasteiger partial charge in [-0.15, -0.1) is 0 Å². The molecular weight excluding hydrogens is 329 g/mol. The van der Waals surface area contributed by atoms with Gasteiger partial charge >= 0.3 is 6.18 Å². The number of halogens is 3. The highest BCUT2D eigenvalue weighted by Crippen LogP contribution is 2.32. The summed E-state index contributed by atoms with van der Waals surface area (Å²) < 4.78 is 38.6. The molecule has 3 N–H and O–H groups in total. The molecule has 0 unspecified atom stereocenters. The van der Waals surface area contributed by atoms with Gasteiger partial charge in [0.15, 0.2) is 0 Å². The quantitative estimate of drug-likeness (QED) is 0.881. The van der Waals surface area contributed by atoms with E-state index in [0.29, 0.717) is 16.7 Å². The van der Waals surface area contributed by atoms with Crippen molar-refractivity contribution in [2.45, 2.75) is 37.5 Å². The molecule has 1 aliphatic rings. The molecule has 3 nitrogen and oxygen atoms in total. The van der Waals surface area contributed by atoms with E-state index in [9.17, 15) is 18.0 Å². The second kappa shape index (κ2) is 6.88. The average Bonchev–Trinajstić information content (AvgIpc) is 2.99. The topological polar surface area (TPSA) is 55.1 Å². The number of hydrogen-bond acceptors (Lipinski definition) is 2. The molecule has 0 spiro atoms. The molecule has 0 aliphatic heterocycles. The van der Waals surface area contributed by atoms with Crippen LogP contribution < -0.4 is 11.1 Å². The Balaban J connectivity index is 1.81. The lowest BCUT2D eigenvalue weighted by molar-refractivity contribution is -0.137. The van der Waals surface area contributed by atoms with Crippen LogP contribution in [0.25, 0.3) is 11.1 Å². The van der Waals surface area contributed by atoms with Gasteiger partial charge in [0.2, 0.25) is 0 Å². The molecule has 0 saturated heterocycles. The van der Waals surface area contributed by atoms with Gasteiger partial charge in [-0.3, -0.25) is 4.79 Å². The van der Waals surface area contributed by atoms with Crippen molar-refractivity contribution in [1.29, 1.82) is 0 Å². The van der Waals surface area contributed by atoms with E-state index in [1.807, 2.05) is 0 Å². The van der Waals surface area contributed by atoms with Gasteiger partial charge in [0.05, 0.1) is 5.56 Å². The molecule has 132 valence electrons. The maximum atomic E-state index is 12.9. The van der Waals surface area contributed by atoms with E-state index in [1.54, 1.807) is 30.3 Å². The molecule has 6 heteroatoms. The maximum absolute atomic E-state index is 12.9. The molecule has 2 atom stereocenters. The first-order chi connectivity index (χ1) is 11.8. The Morgan fingerprint density at radius 2 is 1.72 bits per heavy atom. The number of carbonyl (C=O) groups is 1. The molecule has 1 saturated carbocycles. The molecule has 1 fully saturated rings. The fraction of sp³-hybridized carbons (Fsp3) is 0.316. The largest absolute Gasteiger partial charge is 0.416 e. The number of nitrogens with two attached hydrogens (primary N) is 1. The summed E-state index contributed by atoms with van der Waals surface area (Å²) in [4.78, 5) is 12.4. The average molecular weight is 348 g/mol. The van der Waals surface area contributed by atoms with Crippen molar-refractivity contribution in [3.63, 3.8) is 0 Å². The molecule has 0 aromatic heterocycles. The molecule has 0 bridgehead atoms. The summed E-state index contributed by atoms with van der Waals surface area (Å²) in [5.41, 5.74) is 6.56. The zero-order chi connectivity index (χ0) is 18.0. The molecule has 1 amide bonds. The third kappa shape index (κ3) is 4.20. The lowest BCUT2D eigenvalue weighted by Crippen LogP contribution is -2.34. The molecule has 2 aromatic rings. The number of benzene rings is 2. The predicted molar refractivity (Wildman–Crippen MR) is 90.0 cm³/mol. The van der Waals surface area contributed by atoms with Crippen molar-refractivity contribution < 1.29 is 18.0 Å². The van der Waals surface area contributed by atoms with Gasteiger partial charge in [-0.05, 0) is 54.7 Å². The van der Waals surface area contributed by atoms with Crippen LogP contribution in [-0.4, -0.2) is 18.0 Å². The van der Waals surface area contributed by atoms with Crippen molar-refractivity contribution in [1.82, 2.24) is 5.32 Å². The van der Waals surface area contributed by atoms with Crippen LogP contribution in [-0.2, 0) is 6.18 Å². The van der Waals surface area contributed by atoms with Crippen molar-refractivity contribution in [3.05, 3.63) is 59.7 Å². The number of carbonyl (C=O) groups excluding carboxylic acids is 1. The van der Waals surface area contributed by atoms with E-state index in [4.69, 9.17) is 5.73 Å². The first kappa shape index (κ1) is 17.5. The molecule has 0 heterocycles. The number of alkyl halides is 3. The summed E-state index contributed by atoms with van der Waals surface area (Å²) in [7, 11) is 0. The van der Waals surface area contributed by atoms with Crippen molar-refractivity contribution in [2.24, 2.45) is 5.73 Å². The second-order valence-corrected chi connectivity index (χ2v) is 6.40. The summed E-state index contributed by atoms with van der Waals surface area (Å²) in [6.07, 6.45) is -1.92. The SMILES string of the molecule is N[C@H]1CC[C@@H](NC(=O)c2cccc(-c3cccc(C(F)(F)F)c3)c2)C1. The standard InChI is InChI=1S/C19H19F3N2O/c20-19(21,22)15-6-2-4-13(10-15)12-3-1-5-14(9-12)18(25)24-17-8-7-16(23)11-17/h1-6,9-10,16-17H,7-8,11,23H2,(H,24,25)/t16-,17+/m0/s1. The second-order valence-electron chi connectivity index (χ2n) is 6.40. The normalized spacial score (nSPS) is 20.5. The Labute approximate surface area is 144 Å². The van der Waals surface area contributed by atoms with Crippen LogP contribution in [0.15, 0.2) is 48.5 Å². The van der Waals surface area contributed by atoms with Crippen LogP contribution in [0.4, 0.5) is 13.2 Å². The molecular formula is C19H19F3N2O. The van der Waals surface area contributed by atoms with Crippen LogP contribution in [0.1, 0.15) is 35.2 Å². The third-order valence-electron chi connectivity index (χ3n) is 4.46. The molecule has 1 aliphatic carbocycles. The fourth-order valence-electron chi connectivity index (χ4n) is 3.13. The van der Waals surface area contributed by atoms with E-state index in [2.05, 4.69) is 5.32 Å². The van der Waals surface area contributed by atoms with Crippen molar-refractivity contribution in [3.8, 4) is 11.1 Å². The minimum atomic E-state index is -4.40. The highest BCUT2D eigenvalue weighted by atomic mass is 19.4. The Morgan fingerprint density at radius 1 is 1.04 bits per heavy atom.